The number of thiophene rings is 2. The number of rotatable bonds is 10. The Morgan fingerprint density at radius 3 is 2.20 bits per heavy atom. The van der Waals surface area contributed by atoms with E-state index in [2.05, 4.69) is 86.9 Å². The minimum atomic E-state index is -0.337. The zero-order valence-electron chi connectivity index (χ0n) is 32.1. The number of hydrogen-bond acceptors (Lipinski definition) is 6. The molecule has 51 heavy (non-hydrogen) atoms. The molecule has 2 N–H and O–H groups in total. The molecule has 3 aromatic carbocycles. The molecule has 3 heterocycles. The van der Waals surface area contributed by atoms with Gasteiger partial charge in [0.05, 0.1) is 12.4 Å². The smallest absolute Gasteiger partial charge is 0.164 e. The van der Waals surface area contributed by atoms with E-state index in [-0.39, 0.29) is 47.9 Å². The molecule has 275 valence electrons. The first-order valence-electron chi connectivity index (χ1n) is 18.4. The Morgan fingerprint density at radius 1 is 0.922 bits per heavy atom. The molecule has 5 aromatic rings. The molecule has 0 amide bonds. The molecule has 1 radical (unpaired) electrons. The molecule has 0 saturated carbocycles. The van der Waals surface area contributed by atoms with Gasteiger partial charge in [-0.3, -0.25) is 4.79 Å². The van der Waals surface area contributed by atoms with Crippen molar-refractivity contribution in [2.45, 2.75) is 113 Å². The topological polar surface area (TPSA) is 61.7 Å². The van der Waals surface area contributed by atoms with Crippen LogP contribution < -0.4 is 5.32 Å². The Hall–Kier alpha value is -2.83. The summed E-state index contributed by atoms with van der Waals surface area (Å²) in [4.78, 5) is 18.4. The number of aliphatic hydroxyl groups is 1. The number of carbonyl (C=O) groups excluding carboxylic acids is 1. The van der Waals surface area contributed by atoms with Crippen molar-refractivity contribution in [2.24, 2.45) is 15.8 Å². The summed E-state index contributed by atoms with van der Waals surface area (Å²) in [5.74, 6) is 0.286. The fourth-order valence-corrected chi connectivity index (χ4v) is 8.92. The maximum atomic E-state index is 12.2. The molecule has 0 saturated heterocycles. The second kappa shape index (κ2) is 16.5. The number of fused-ring (bicyclic) bond motifs is 6. The molecule has 0 fully saturated rings. The summed E-state index contributed by atoms with van der Waals surface area (Å²) in [5, 5.41) is 21.4. The summed E-state index contributed by atoms with van der Waals surface area (Å²) in [6.07, 6.45) is 7.04. The van der Waals surface area contributed by atoms with E-state index in [0.717, 1.165) is 55.2 Å². The molecule has 1 aliphatic heterocycles. The first-order valence-corrected chi connectivity index (χ1v) is 20.1. The van der Waals surface area contributed by atoms with Gasteiger partial charge in [-0.1, -0.05) is 105 Å². The van der Waals surface area contributed by atoms with Crippen LogP contribution >= 0.6 is 22.7 Å². The molecular weight excluding hydrogens is 845 g/mol. The number of allylic oxidation sites excluding steroid dienone is 2. The van der Waals surface area contributed by atoms with Crippen molar-refractivity contribution < 1.29 is 30.0 Å². The molecule has 1 aliphatic rings. The Labute approximate surface area is 327 Å². The normalized spacial score (nSPS) is 13.7. The van der Waals surface area contributed by atoms with Crippen LogP contribution in [0, 0.1) is 16.9 Å². The zero-order chi connectivity index (χ0) is 36.4. The van der Waals surface area contributed by atoms with Crippen LogP contribution in [0.25, 0.3) is 30.9 Å². The number of aliphatic imine (C=N–C) groups is 1. The summed E-state index contributed by atoms with van der Waals surface area (Å²) in [5.41, 5.74) is 5.68. The molecule has 0 unspecified atom stereocenters. The number of aryl methyl sites for hydroxylation is 1. The van der Waals surface area contributed by atoms with Crippen LogP contribution in [-0.2, 0) is 36.7 Å². The summed E-state index contributed by atoms with van der Waals surface area (Å²) in [6.45, 7) is 21.8. The number of nitrogens with one attached hydrogen (secondary N) is 1. The second-order valence-corrected chi connectivity index (χ2v) is 17.3. The van der Waals surface area contributed by atoms with Crippen molar-refractivity contribution in [2.75, 3.05) is 12.0 Å². The number of hydrogen-bond donors (Lipinski definition) is 2. The van der Waals surface area contributed by atoms with Gasteiger partial charge in [0.1, 0.15) is 5.76 Å². The average Bonchev–Trinajstić information content (AvgIpc) is 3.71. The van der Waals surface area contributed by atoms with Crippen LogP contribution in [0.5, 0.6) is 0 Å². The zero-order valence-corrected chi connectivity index (χ0v) is 36.1. The van der Waals surface area contributed by atoms with Crippen LogP contribution in [-0.4, -0.2) is 23.3 Å². The number of ketones is 1. The molecule has 4 nitrogen and oxygen atoms in total. The van der Waals surface area contributed by atoms with Gasteiger partial charge in [-0.2, -0.15) is 0 Å². The molecule has 0 aliphatic carbocycles. The summed E-state index contributed by atoms with van der Waals surface area (Å²) >= 11 is 3.72. The van der Waals surface area contributed by atoms with E-state index in [9.17, 15) is 9.90 Å². The predicted molar refractivity (Wildman–Crippen MR) is 220 cm³/mol. The Balaban J connectivity index is 0.000000279. The maximum Gasteiger partial charge on any atom is 0.164 e. The van der Waals surface area contributed by atoms with E-state index >= 15 is 0 Å². The van der Waals surface area contributed by atoms with E-state index < -0.39 is 0 Å². The Bertz CT molecular complexity index is 2070. The van der Waals surface area contributed by atoms with Crippen LogP contribution in [0.15, 0.2) is 64.7 Å². The SMILES string of the molecule is CCC(C)(CC)C(=O)/C=C(\O)C(C)(CC)CC.CCCc1csc2ccc3sc4c(c3c12)NCN=C4c1[c-]c2ccccc2c(C(C)(C)C)c1.[Ir]. The average molecular weight is 900 g/mol. The van der Waals surface area contributed by atoms with Crippen molar-refractivity contribution in [1.29, 1.82) is 0 Å². The Kier molecular flexibility index (Phi) is 13.2. The first kappa shape index (κ1) is 40.9. The summed E-state index contributed by atoms with van der Waals surface area (Å²) in [6, 6.07) is 19.2. The molecule has 0 atom stereocenters. The molecular formula is C44H55IrN2O2S2-. The van der Waals surface area contributed by atoms with Gasteiger partial charge in [-0.15, -0.1) is 51.8 Å². The molecule has 2 aromatic heterocycles. The van der Waals surface area contributed by atoms with E-state index in [1.807, 2.05) is 64.2 Å². The molecule has 7 heteroatoms. The maximum absolute atomic E-state index is 12.2. The van der Waals surface area contributed by atoms with Gasteiger partial charge in [-0.05, 0) is 60.6 Å². The summed E-state index contributed by atoms with van der Waals surface area (Å²) < 4.78 is 2.71. The van der Waals surface area contributed by atoms with Gasteiger partial charge in [0.2, 0.25) is 0 Å². The first-order chi connectivity index (χ1) is 23.7. The van der Waals surface area contributed by atoms with Gasteiger partial charge in [-0.25, -0.2) is 0 Å². The molecule has 6 rings (SSSR count). The number of nitrogens with zero attached hydrogens (tertiary/aromatic N) is 1. The van der Waals surface area contributed by atoms with Crippen molar-refractivity contribution >= 4 is 70.8 Å². The number of anilines is 1. The Morgan fingerprint density at radius 2 is 1.57 bits per heavy atom. The number of carbonyl (C=O) groups is 1. The second-order valence-electron chi connectivity index (χ2n) is 15.3. The van der Waals surface area contributed by atoms with Crippen molar-refractivity contribution in [3.63, 3.8) is 0 Å². The fraction of sp³-hybridized carbons (Fsp3) is 0.455. The van der Waals surface area contributed by atoms with Gasteiger partial charge >= 0.3 is 0 Å². The van der Waals surface area contributed by atoms with Crippen molar-refractivity contribution in [3.8, 4) is 0 Å². The molecule has 0 bridgehead atoms. The van der Waals surface area contributed by atoms with Crippen molar-refractivity contribution in [1.82, 2.24) is 0 Å². The van der Waals surface area contributed by atoms with Gasteiger partial charge < -0.3 is 15.4 Å². The van der Waals surface area contributed by atoms with Gasteiger partial charge in [0, 0.05) is 67.8 Å². The molecule has 0 spiro atoms. The van der Waals surface area contributed by atoms with Crippen molar-refractivity contribution in [3.05, 3.63) is 87.3 Å². The van der Waals surface area contributed by atoms with E-state index in [0.29, 0.717) is 6.67 Å². The third-order valence-corrected chi connectivity index (χ3v) is 13.3. The summed E-state index contributed by atoms with van der Waals surface area (Å²) in [7, 11) is 0. The largest absolute Gasteiger partial charge is 0.512 e. The third kappa shape index (κ3) is 8.08. The van der Waals surface area contributed by atoms with E-state index in [1.54, 1.807) is 0 Å². The third-order valence-electron chi connectivity index (χ3n) is 11.1. The van der Waals surface area contributed by atoms with Crippen LogP contribution in [0.1, 0.15) is 123 Å². The standard InChI is InChI=1S/C29H27N2S2.C15H28O2.Ir/c1-5-8-18-15-32-22-11-12-23-25(24(18)22)27-28(33-23)26(30-16-31-27)19-13-17-9-6-7-10-20(17)21(14-19)29(2,3)4;1-7-14(5,8-2)12(16)11-13(17)15(6,9-3)10-4;/h6-7,9-12,14-15,31H,5,8,16H2,1-4H3;11,16H,7-10H2,1-6H3;/q-1;;/b;12-11-;. The van der Waals surface area contributed by atoms with Gasteiger partial charge in [0.15, 0.2) is 5.78 Å². The minimum Gasteiger partial charge on any atom is -0.512 e. The predicted octanol–water partition coefficient (Wildman–Crippen LogP) is 13.2. The monoisotopic (exact) mass is 900 g/mol. The van der Waals surface area contributed by atoms with E-state index in [1.165, 1.54) is 53.3 Å². The van der Waals surface area contributed by atoms with Crippen LogP contribution in [0.3, 0.4) is 0 Å². The van der Waals surface area contributed by atoms with Crippen LogP contribution in [0.4, 0.5) is 5.69 Å². The van der Waals surface area contributed by atoms with Gasteiger partial charge in [0.25, 0.3) is 0 Å². The van der Waals surface area contributed by atoms with Crippen LogP contribution in [0.2, 0.25) is 0 Å². The fourth-order valence-electron chi connectivity index (χ4n) is 6.71. The number of benzene rings is 3. The quantitative estimate of drug-likeness (QED) is 0.0834. The minimum absolute atomic E-state index is 0. The van der Waals surface area contributed by atoms with E-state index in [4.69, 9.17) is 4.99 Å². The number of aliphatic hydroxyl groups excluding tert-OH is 1.